The molecule has 2 amide bonds. The minimum atomic E-state index is -4.37. The van der Waals surface area contributed by atoms with Crippen LogP contribution in [0.25, 0.3) is 0 Å². The Morgan fingerprint density at radius 2 is 1.54 bits per heavy atom. The van der Waals surface area contributed by atoms with E-state index in [4.69, 9.17) is 0 Å². The lowest BCUT2D eigenvalue weighted by atomic mass is 9.49. The first kappa shape index (κ1) is 19.5. The van der Waals surface area contributed by atoms with E-state index >= 15 is 0 Å². The van der Waals surface area contributed by atoms with E-state index in [0.717, 1.165) is 37.0 Å². The van der Waals surface area contributed by atoms with E-state index in [1.165, 1.54) is 19.3 Å². The highest BCUT2D eigenvalue weighted by Gasteiger charge is 2.51. The number of carbonyl (C=O) groups excluding carboxylic acids is 2. The third kappa shape index (κ3) is 5.34. The molecular formula is C18H27F3N2O3. The largest absolute Gasteiger partial charge is 0.411 e. The molecule has 148 valence electrons. The fourth-order valence-corrected chi connectivity index (χ4v) is 5.60. The molecule has 4 saturated carbocycles. The van der Waals surface area contributed by atoms with Gasteiger partial charge in [0.2, 0.25) is 11.8 Å². The Morgan fingerprint density at radius 3 is 2.08 bits per heavy atom. The van der Waals surface area contributed by atoms with Gasteiger partial charge in [-0.1, -0.05) is 0 Å². The van der Waals surface area contributed by atoms with Gasteiger partial charge < -0.3 is 15.4 Å². The number of alkyl halides is 3. The molecule has 0 aromatic heterocycles. The molecule has 4 fully saturated rings. The average Bonchev–Trinajstić information content (AvgIpc) is 2.49. The summed E-state index contributed by atoms with van der Waals surface area (Å²) in [5.74, 6) is 1.80. The molecule has 0 spiro atoms. The van der Waals surface area contributed by atoms with Gasteiger partial charge in [0.1, 0.15) is 6.61 Å². The lowest BCUT2D eigenvalue weighted by molar-refractivity contribution is -0.173. The Morgan fingerprint density at radius 1 is 0.962 bits per heavy atom. The van der Waals surface area contributed by atoms with Crippen LogP contribution in [-0.2, 0) is 14.3 Å². The summed E-state index contributed by atoms with van der Waals surface area (Å²) in [6.45, 7) is -1.71. The van der Waals surface area contributed by atoms with E-state index in [2.05, 4.69) is 15.4 Å². The van der Waals surface area contributed by atoms with Gasteiger partial charge in [0.05, 0.1) is 13.2 Å². The summed E-state index contributed by atoms with van der Waals surface area (Å²) in [5.41, 5.74) is 0.126. The van der Waals surface area contributed by atoms with Crippen LogP contribution in [0.3, 0.4) is 0 Å². The van der Waals surface area contributed by atoms with Gasteiger partial charge in [-0.15, -0.1) is 0 Å². The Labute approximate surface area is 151 Å². The fourth-order valence-electron chi connectivity index (χ4n) is 5.60. The summed E-state index contributed by atoms with van der Waals surface area (Å²) >= 11 is 0. The van der Waals surface area contributed by atoms with Crippen LogP contribution in [0.1, 0.15) is 44.9 Å². The standard InChI is InChI=1S/C18H27F3N2O3/c19-18(20,21)11-26-2-1-22-16(25)10-23-15(24)9-17-6-12-3-13(7-17)5-14(4-12)8-17/h12-14H,1-11H2,(H,22,25)(H,23,24). The molecule has 2 N–H and O–H groups in total. The molecule has 8 heteroatoms. The molecule has 4 bridgehead atoms. The van der Waals surface area contributed by atoms with Crippen molar-refractivity contribution in [3.63, 3.8) is 0 Å². The van der Waals surface area contributed by atoms with Gasteiger partial charge in [0.25, 0.3) is 0 Å². The number of halogens is 3. The van der Waals surface area contributed by atoms with Crippen molar-refractivity contribution in [3.05, 3.63) is 0 Å². The molecular weight excluding hydrogens is 349 g/mol. The van der Waals surface area contributed by atoms with Gasteiger partial charge >= 0.3 is 6.18 Å². The van der Waals surface area contributed by atoms with E-state index in [1.807, 2.05) is 0 Å². The van der Waals surface area contributed by atoms with E-state index in [-0.39, 0.29) is 31.0 Å². The van der Waals surface area contributed by atoms with Gasteiger partial charge in [-0.25, -0.2) is 0 Å². The maximum atomic E-state index is 12.3. The van der Waals surface area contributed by atoms with E-state index in [0.29, 0.717) is 6.42 Å². The summed E-state index contributed by atoms with van der Waals surface area (Å²) in [6, 6.07) is 0. The summed E-state index contributed by atoms with van der Waals surface area (Å²) in [6.07, 6.45) is 3.48. The third-order valence-electron chi connectivity index (χ3n) is 5.98. The van der Waals surface area contributed by atoms with E-state index in [9.17, 15) is 22.8 Å². The molecule has 0 heterocycles. The summed E-state index contributed by atoms with van der Waals surface area (Å²) < 4.78 is 40.1. The molecule has 0 saturated heterocycles. The second-order valence-electron chi connectivity index (χ2n) is 8.39. The predicted octanol–water partition coefficient (Wildman–Crippen LogP) is 2.40. The SMILES string of the molecule is O=C(CNC(=O)CC12CC3CC(CC(C3)C1)C2)NCCOCC(F)(F)F. The maximum Gasteiger partial charge on any atom is 0.411 e. The van der Waals surface area contributed by atoms with Crippen LogP contribution >= 0.6 is 0 Å². The molecule has 4 rings (SSSR count). The zero-order valence-electron chi connectivity index (χ0n) is 14.9. The molecule has 4 aliphatic carbocycles. The number of hydrogen-bond acceptors (Lipinski definition) is 3. The Hall–Kier alpha value is -1.31. The van der Waals surface area contributed by atoms with Crippen molar-refractivity contribution >= 4 is 11.8 Å². The minimum absolute atomic E-state index is 0.0141. The van der Waals surface area contributed by atoms with Crippen molar-refractivity contribution in [1.29, 1.82) is 0 Å². The normalized spacial score (nSPS) is 32.5. The topological polar surface area (TPSA) is 67.4 Å². The van der Waals surface area contributed by atoms with Crippen LogP contribution in [-0.4, -0.2) is 44.3 Å². The molecule has 4 aliphatic rings. The molecule has 0 unspecified atom stereocenters. The van der Waals surface area contributed by atoms with Gasteiger partial charge in [-0.2, -0.15) is 13.2 Å². The lowest BCUT2D eigenvalue weighted by Crippen LogP contribution is -2.48. The van der Waals surface area contributed by atoms with Crippen molar-refractivity contribution in [2.45, 2.75) is 51.1 Å². The van der Waals surface area contributed by atoms with Crippen LogP contribution in [0.15, 0.2) is 0 Å². The molecule has 5 nitrogen and oxygen atoms in total. The van der Waals surface area contributed by atoms with Crippen LogP contribution in [0.2, 0.25) is 0 Å². The first-order valence-electron chi connectivity index (χ1n) is 9.41. The smallest absolute Gasteiger partial charge is 0.370 e. The van der Waals surface area contributed by atoms with Gasteiger partial charge in [-0.3, -0.25) is 9.59 Å². The number of carbonyl (C=O) groups is 2. The number of nitrogens with one attached hydrogen (secondary N) is 2. The first-order chi connectivity index (χ1) is 12.2. The van der Waals surface area contributed by atoms with Crippen LogP contribution < -0.4 is 10.6 Å². The molecule has 0 aromatic rings. The minimum Gasteiger partial charge on any atom is -0.370 e. The van der Waals surface area contributed by atoms with Crippen molar-refractivity contribution in [3.8, 4) is 0 Å². The van der Waals surface area contributed by atoms with Gasteiger partial charge in [-0.05, 0) is 61.7 Å². The summed E-state index contributed by atoms with van der Waals surface area (Å²) in [5, 5.41) is 5.09. The predicted molar refractivity (Wildman–Crippen MR) is 88.1 cm³/mol. The van der Waals surface area contributed by atoms with Gasteiger partial charge in [0.15, 0.2) is 0 Å². The Bertz CT molecular complexity index is 501. The Kier molecular flexibility index (Phi) is 5.79. The molecule has 0 aromatic carbocycles. The second kappa shape index (κ2) is 7.74. The van der Waals surface area contributed by atoms with Gasteiger partial charge in [0, 0.05) is 13.0 Å². The van der Waals surface area contributed by atoms with Crippen LogP contribution in [0.4, 0.5) is 13.2 Å². The highest BCUT2D eigenvalue weighted by atomic mass is 19.4. The second-order valence-corrected chi connectivity index (χ2v) is 8.39. The molecule has 0 aliphatic heterocycles. The molecule has 0 radical (unpaired) electrons. The third-order valence-corrected chi connectivity index (χ3v) is 5.98. The average molecular weight is 376 g/mol. The van der Waals surface area contributed by atoms with E-state index in [1.54, 1.807) is 0 Å². The number of hydrogen-bond donors (Lipinski definition) is 2. The maximum absolute atomic E-state index is 12.3. The van der Waals surface area contributed by atoms with Crippen LogP contribution in [0.5, 0.6) is 0 Å². The van der Waals surface area contributed by atoms with Crippen molar-refractivity contribution < 1.29 is 27.5 Å². The number of ether oxygens (including phenoxy) is 1. The highest BCUT2D eigenvalue weighted by Crippen LogP contribution is 2.61. The number of amides is 2. The van der Waals surface area contributed by atoms with Crippen molar-refractivity contribution in [1.82, 2.24) is 10.6 Å². The van der Waals surface area contributed by atoms with E-state index < -0.39 is 18.7 Å². The first-order valence-corrected chi connectivity index (χ1v) is 9.41. The summed E-state index contributed by atoms with van der Waals surface area (Å²) in [7, 11) is 0. The summed E-state index contributed by atoms with van der Waals surface area (Å²) in [4.78, 5) is 23.9. The highest BCUT2D eigenvalue weighted by molar-refractivity contribution is 5.84. The molecule has 26 heavy (non-hydrogen) atoms. The zero-order valence-corrected chi connectivity index (χ0v) is 14.9. The fraction of sp³-hybridized carbons (Fsp3) is 0.889. The Balaban J connectivity index is 1.31. The van der Waals surface area contributed by atoms with Crippen molar-refractivity contribution in [2.75, 3.05) is 26.3 Å². The van der Waals surface area contributed by atoms with Crippen molar-refractivity contribution in [2.24, 2.45) is 23.2 Å². The van der Waals surface area contributed by atoms with Crippen LogP contribution in [0, 0.1) is 23.2 Å². The molecule has 0 atom stereocenters. The zero-order chi connectivity index (χ0) is 18.8. The quantitative estimate of drug-likeness (QED) is 0.640. The number of rotatable bonds is 8. The lowest BCUT2D eigenvalue weighted by Gasteiger charge is -2.56. The monoisotopic (exact) mass is 376 g/mol.